The second-order valence-corrected chi connectivity index (χ2v) is 22.1. The summed E-state index contributed by atoms with van der Waals surface area (Å²) in [6, 6.07) is 32.3. The number of esters is 2. The first-order chi connectivity index (χ1) is 53.7. The predicted molar refractivity (Wildman–Crippen MR) is 401 cm³/mol. The van der Waals surface area contributed by atoms with Gasteiger partial charge in [0, 0.05) is 186 Å². The van der Waals surface area contributed by atoms with Crippen LogP contribution >= 0.6 is 11.6 Å². The van der Waals surface area contributed by atoms with Gasteiger partial charge in [0.25, 0.3) is 11.9 Å². The van der Waals surface area contributed by atoms with Crippen LogP contribution < -0.4 is 40.8 Å². The summed E-state index contributed by atoms with van der Waals surface area (Å²) in [6.07, 6.45) is 25.7. The Morgan fingerprint density at radius 2 is 0.816 bits per heavy atom. The second-order valence-electron chi connectivity index (χ2n) is 21.7. The number of alkyl halides is 1. The molecule has 0 saturated carbocycles. The maximum atomic E-state index is 13.2. The molecule has 0 saturated heterocycles. The summed E-state index contributed by atoms with van der Waals surface area (Å²) in [5.41, 5.74) is 16.3. The number of ether oxygens (including phenoxy) is 2. The molecule has 38 heteroatoms. The van der Waals surface area contributed by atoms with Crippen molar-refractivity contribution < 1.29 is 142 Å². The van der Waals surface area contributed by atoms with E-state index in [1.165, 1.54) is 55.2 Å². The Morgan fingerprint density at radius 1 is 0.439 bits per heavy atom. The van der Waals surface area contributed by atoms with Crippen LogP contribution in [0.15, 0.2) is 220 Å². The topological polar surface area (TPSA) is 459 Å². The van der Waals surface area contributed by atoms with Crippen molar-refractivity contribution in [2.24, 2.45) is 0 Å². The minimum absolute atomic E-state index is 0. The minimum atomic E-state index is -1.63. The molecule has 592 valence electrons. The number of ketones is 1. The van der Waals surface area contributed by atoms with E-state index in [0.717, 1.165) is 59.1 Å². The van der Waals surface area contributed by atoms with Crippen molar-refractivity contribution in [3.63, 3.8) is 0 Å². The number of carbonyl (C=O) groups excluding carboxylic acids is 3. The molecule has 0 unspecified atom stereocenters. The summed E-state index contributed by atoms with van der Waals surface area (Å²) in [5, 5.41) is 40.9. The molecule has 0 radical (unpaired) electrons. The van der Waals surface area contributed by atoms with Gasteiger partial charge in [0.1, 0.15) is 16.8 Å². The van der Waals surface area contributed by atoms with Crippen molar-refractivity contribution >= 4 is 65.6 Å². The summed E-state index contributed by atoms with van der Waals surface area (Å²) < 4.78 is 76.4. The molecular weight excluding hydrogens is 1620 g/mol. The van der Waals surface area contributed by atoms with Crippen LogP contribution in [0.2, 0.25) is 5.15 Å². The Kier molecular flexibility index (Phi) is 48.4. The number of anilines is 1. The maximum Gasteiger partial charge on any atom is 1.00 e. The van der Waals surface area contributed by atoms with Crippen LogP contribution in [0, 0.1) is 23.8 Å². The van der Waals surface area contributed by atoms with Crippen molar-refractivity contribution in [3.05, 3.63) is 277 Å². The largest absolute Gasteiger partial charge is 1.00 e. The number of nitrogens with zero attached hydrogens (tertiary/aromatic N) is 14. The smallest absolute Gasteiger partial charge is 0.870 e. The zero-order chi connectivity index (χ0) is 82.2. The van der Waals surface area contributed by atoms with Crippen LogP contribution in [0.3, 0.4) is 0 Å². The van der Waals surface area contributed by atoms with Crippen LogP contribution in [-0.2, 0) is 90.8 Å². The molecule has 12 aromatic rings. The Bertz CT molecular complexity index is 4840. The minimum Gasteiger partial charge on any atom is -0.870 e. The van der Waals surface area contributed by atoms with Crippen LogP contribution in [0.5, 0.6) is 0 Å². The van der Waals surface area contributed by atoms with Crippen LogP contribution in [0.4, 0.5) is 27.8 Å². The number of nitrogen functional groups attached to an aromatic ring is 1. The van der Waals surface area contributed by atoms with Gasteiger partial charge in [-0.3, -0.25) is 73.0 Å². The monoisotopic (exact) mass is 1690 g/mol. The fourth-order valence-corrected chi connectivity index (χ4v) is 8.54. The van der Waals surface area contributed by atoms with Gasteiger partial charge in [0.05, 0.1) is 81.9 Å². The number of hydrogen-bond acceptors (Lipinski definition) is 26. The molecule has 114 heavy (non-hydrogen) atoms. The Balaban J connectivity index is 0.000000688. The summed E-state index contributed by atoms with van der Waals surface area (Å²) in [4.78, 5) is 118. The third-order valence-corrected chi connectivity index (χ3v) is 13.4. The summed E-state index contributed by atoms with van der Waals surface area (Å²) in [6.45, 7) is 6.47. The summed E-state index contributed by atoms with van der Waals surface area (Å²) in [7, 11) is -2.63. The number of aromatic nitrogens is 14. The van der Waals surface area contributed by atoms with Crippen LogP contribution in [0.25, 0.3) is 56.3 Å². The van der Waals surface area contributed by atoms with E-state index in [-0.39, 0.29) is 111 Å². The Hall–Kier alpha value is -12.0. The number of rotatable bonds is 18. The number of halogens is 6. The molecule has 29 nitrogen and oxygen atoms in total. The van der Waals surface area contributed by atoms with E-state index in [2.05, 4.69) is 69.8 Å². The van der Waals surface area contributed by atoms with Gasteiger partial charge in [0.2, 0.25) is 23.8 Å². The van der Waals surface area contributed by atoms with Crippen molar-refractivity contribution in [3.8, 4) is 56.3 Å². The molecule has 0 aliphatic heterocycles. The Labute approximate surface area is 692 Å². The molecule has 0 aliphatic rings. The molecule has 0 atom stereocenters. The van der Waals surface area contributed by atoms with Gasteiger partial charge in [-0.15, -0.1) is 0 Å². The fourth-order valence-electron chi connectivity index (χ4n) is 8.43. The summed E-state index contributed by atoms with van der Waals surface area (Å²) in [5.74, 6) is -4.95. The molecule has 12 heterocycles. The SMILES string of the molecule is CC(=O)O.CC(=O)O.CCOC(=O)Cc1ccc(-c2ccnc(F)c2)nc1.CCOC(=O)Cc1ccc(Cl)nc1.Nc1ccc(-c2cnccn2)cn1.O=C(Cc1ccc(-c2ccnc(F)c2)nc1)Cc1ccc(-c2cnccn2)cn1.O=C(O)Cc1ccc(-c2ccnc(F)c2)nc1.OB(O)c1ccnc(F)c1.[2H]CF.[Na+].[OH-].[Pd]. The predicted octanol–water partition coefficient (Wildman–Crippen LogP) is 7.24. The van der Waals surface area contributed by atoms with E-state index in [0.29, 0.717) is 69.2 Å². The Morgan fingerprint density at radius 3 is 1.12 bits per heavy atom. The first-order valence-corrected chi connectivity index (χ1v) is 32.8. The van der Waals surface area contributed by atoms with Crippen LogP contribution in [0.1, 0.15) is 57.0 Å². The number of Topliss-reactive ketones (excluding diaryl/α,β-unsaturated/α-hetero) is 1. The first-order valence-electron chi connectivity index (χ1n) is 33.1. The zero-order valence-corrected chi connectivity index (χ0v) is 65.7. The molecule has 0 amide bonds. The molecule has 0 bridgehead atoms. The van der Waals surface area contributed by atoms with E-state index in [1.807, 2.05) is 24.3 Å². The van der Waals surface area contributed by atoms with Crippen molar-refractivity contribution in [1.29, 1.82) is 0 Å². The number of carbonyl (C=O) groups is 6. The molecular formula is C76H73BClF5N15NaO14Pd. The quantitative estimate of drug-likeness (QED) is 0.0213. The van der Waals surface area contributed by atoms with Gasteiger partial charge < -0.3 is 46.1 Å². The average Bonchev–Trinajstić information content (AvgIpc) is 0.789. The number of carboxylic acids is 3. The van der Waals surface area contributed by atoms with Gasteiger partial charge >= 0.3 is 54.6 Å². The van der Waals surface area contributed by atoms with E-state index < -0.39 is 56.0 Å². The van der Waals surface area contributed by atoms with E-state index >= 15 is 0 Å². The maximum absolute atomic E-state index is 13.2. The molecule has 0 fully saturated rings. The first kappa shape index (κ1) is 98.1. The van der Waals surface area contributed by atoms with Crippen LogP contribution in [-0.4, -0.2) is 164 Å². The number of nitrogens with two attached hydrogens (primary N) is 1. The normalized spacial score (nSPS) is 9.60. The molecule has 12 rings (SSSR count). The van der Waals surface area contributed by atoms with Gasteiger partial charge in [0.15, 0.2) is 0 Å². The van der Waals surface area contributed by atoms with E-state index in [9.17, 15) is 41.1 Å². The molecule has 0 aromatic carbocycles. The zero-order valence-electron chi connectivity index (χ0n) is 62.4. The summed E-state index contributed by atoms with van der Waals surface area (Å²) >= 11 is 5.58. The number of hydrogen-bond donors (Lipinski definition) is 6. The standard InChI is InChI=1S/C22H16FN5O.C14H13FN2O2.C12H9FN2O2.C9H10ClNO2.C9H8N4.C5H5BFNO2.2C2H4O2.CH3F.Na.H2O.Pd/c23-22-10-16(5-6-26-22)20-4-1-15(12-28-20)9-19(29)11-18-3-2-17(13-27-18)21-14-24-7-8-25-21;1-2-19-14(18)7-10-3-4-12(17-9-10)11-5-6-16-13(15)8-11;13-11-6-9(3-4-14-11)10-2-1-8(7-15-10)5-12(16)17;1-2-13-9(12)5-7-3-4-8(10)11-6-7;10-9-2-1-7(5-13-9)8-6-11-3-4-12-8;7-5-3-4(6(9)10)1-2-8-5;2*1-2(3)4;1-2;;;/h1-8,10,12-14H,9,11H2;3-6,8-9H,2,7H2,1H3;1-4,6-7H,5H2,(H,16,17);3-4,6H,2,5H2,1H3;1-6H,(H2,10,13);1-3,9-10H;2*1H3,(H,3,4);1H3;;1H2;/q;;;;;;;;;+1;;/p-1/i;;;;;;;;1D;;;. The third-order valence-electron chi connectivity index (χ3n) is 13.2. The van der Waals surface area contributed by atoms with Gasteiger partial charge in [-0.1, -0.05) is 35.9 Å². The second kappa shape index (κ2) is 56.3. The van der Waals surface area contributed by atoms with E-state index in [4.69, 9.17) is 63.1 Å². The molecule has 8 N–H and O–H groups in total. The molecule has 0 aliphatic carbocycles. The fraction of sp³-hybridized carbons (Fsp3) is 0.158. The van der Waals surface area contributed by atoms with E-state index in [1.54, 1.807) is 149 Å². The number of carboxylic acid groups (broad SMARTS) is 3. The number of aliphatic carboxylic acids is 3. The van der Waals surface area contributed by atoms with Gasteiger partial charge in [-0.2, -0.15) is 17.6 Å². The average molecular weight is 1690 g/mol. The van der Waals surface area contributed by atoms with Gasteiger partial charge in [-0.25, -0.2) is 29.9 Å². The third kappa shape index (κ3) is 41.3. The number of pyridine rings is 10. The van der Waals surface area contributed by atoms with Crippen molar-refractivity contribution in [2.45, 2.75) is 59.8 Å². The van der Waals surface area contributed by atoms with Crippen molar-refractivity contribution in [2.75, 3.05) is 26.1 Å². The molecule has 0 spiro atoms. The molecule has 12 aromatic heterocycles. The van der Waals surface area contributed by atoms with Gasteiger partial charge in [-0.05, 0) is 120 Å². The van der Waals surface area contributed by atoms with Crippen molar-refractivity contribution in [1.82, 2.24) is 69.8 Å².